The molecule has 1 N–H and O–H groups in total. The second-order valence-corrected chi connectivity index (χ2v) is 7.62. The summed E-state index contributed by atoms with van der Waals surface area (Å²) in [5.74, 6) is 1.08. The van der Waals surface area contributed by atoms with E-state index < -0.39 is 5.79 Å². The van der Waals surface area contributed by atoms with Gasteiger partial charge in [-0.3, -0.25) is 4.79 Å². The molecule has 0 atom stereocenters. The summed E-state index contributed by atoms with van der Waals surface area (Å²) < 4.78 is 17.6. The highest BCUT2D eigenvalue weighted by molar-refractivity contribution is 6.08. The molecule has 5 rings (SSSR count). The number of nitrogens with zero attached hydrogens (tertiary/aromatic N) is 1. The number of fused-ring (bicyclic) bond motifs is 1. The Morgan fingerprint density at radius 2 is 1.76 bits per heavy atom. The first kappa shape index (κ1) is 17.8. The number of aromatic nitrogens is 1. The van der Waals surface area contributed by atoms with Gasteiger partial charge in [0, 0.05) is 30.2 Å². The van der Waals surface area contributed by atoms with Crippen molar-refractivity contribution in [2.75, 3.05) is 5.32 Å². The topological polar surface area (TPSA) is 73.6 Å². The number of hydrogen-bond acceptors (Lipinski definition) is 5. The number of carbonyl (C=O) groups excluding carboxylic acids is 1. The van der Waals surface area contributed by atoms with Crippen molar-refractivity contribution in [2.45, 2.75) is 44.8 Å². The molecular formula is C23H22N2O4. The van der Waals surface area contributed by atoms with Gasteiger partial charge in [0.05, 0.1) is 0 Å². The molecule has 1 spiro atoms. The molecule has 0 saturated heterocycles. The van der Waals surface area contributed by atoms with Gasteiger partial charge < -0.3 is 19.3 Å². The van der Waals surface area contributed by atoms with E-state index in [9.17, 15) is 4.79 Å². The minimum absolute atomic E-state index is 0.270. The van der Waals surface area contributed by atoms with E-state index in [2.05, 4.69) is 10.5 Å². The molecule has 0 unspecified atom stereocenters. The molecule has 2 heterocycles. The van der Waals surface area contributed by atoms with Gasteiger partial charge in [-0.25, -0.2) is 0 Å². The van der Waals surface area contributed by atoms with Gasteiger partial charge >= 0.3 is 0 Å². The van der Waals surface area contributed by atoms with Crippen LogP contribution in [0.25, 0.3) is 11.3 Å². The van der Waals surface area contributed by atoms with Gasteiger partial charge in [-0.15, -0.1) is 0 Å². The van der Waals surface area contributed by atoms with E-state index in [-0.39, 0.29) is 5.91 Å². The lowest BCUT2D eigenvalue weighted by molar-refractivity contribution is -0.105. The number of amides is 1. The Morgan fingerprint density at radius 3 is 2.55 bits per heavy atom. The number of rotatable bonds is 3. The van der Waals surface area contributed by atoms with Crippen LogP contribution in [0.1, 0.15) is 48.2 Å². The Morgan fingerprint density at radius 1 is 1.00 bits per heavy atom. The average molecular weight is 390 g/mol. The number of benzene rings is 2. The Balaban J connectivity index is 1.38. The second kappa shape index (κ2) is 6.95. The maximum atomic E-state index is 13.0. The van der Waals surface area contributed by atoms with Gasteiger partial charge in [0.2, 0.25) is 0 Å². The van der Waals surface area contributed by atoms with Crippen molar-refractivity contribution in [1.82, 2.24) is 5.16 Å². The highest BCUT2D eigenvalue weighted by Gasteiger charge is 2.42. The molecular weight excluding hydrogens is 368 g/mol. The predicted molar refractivity (Wildman–Crippen MR) is 108 cm³/mol. The van der Waals surface area contributed by atoms with Gasteiger partial charge in [0.1, 0.15) is 17.0 Å². The minimum atomic E-state index is -0.533. The largest absolute Gasteiger partial charge is 0.448 e. The normalized spacial score (nSPS) is 16.7. The highest BCUT2D eigenvalue weighted by Crippen LogP contribution is 2.46. The first-order valence-corrected chi connectivity index (χ1v) is 9.99. The van der Waals surface area contributed by atoms with Crippen LogP contribution in [-0.2, 0) is 0 Å². The molecule has 6 heteroatoms. The van der Waals surface area contributed by atoms with Crippen LogP contribution in [0.4, 0.5) is 5.69 Å². The smallest absolute Gasteiger partial charge is 0.261 e. The summed E-state index contributed by atoms with van der Waals surface area (Å²) in [6, 6.07) is 15.0. The van der Waals surface area contributed by atoms with Crippen LogP contribution in [0.3, 0.4) is 0 Å². The van der Waals surface area contributed by atoms with E-state index in [0.717, 1.165) is 37.0 Å². The van der Waals surface area contributed by atoms with Crippen molar-refractivity contribution in [1.29, 1.82) is 0 Å². The van der Waals surface area contributed by atoms with E-state index in [0.29, 0.717) is 28.5 Å². The summed E-state index contributed by atoms with van der Waals surface area (Å²) in [6.45, 7) is 1.74. The third-order valence-corrected chi connectivity index (χ3v) is 5.55. The van der Waals surface area contributed by atoms with Gasteiger partial charge in [-0.1, -0.05) is 41.9 Å². The summed E-state index contributed by atoms with van der Waals surface area (Å²) in [5.41, 5.74) is 2.43. The zero-order valence-corrected chi connectivity index (χ0v) is 16.2. The maximum absolute atomic E-state index is 13.0. The summed E-state index contributed by atoms with van der Waals surface area (Å²) >= 11 is 0. The van der Waals surface area contributed by atoms with Gasteiger partial charge in [0.15, 0.2) is 11.5 Å². The molecule has 2 aromatic carbocycles. The average Bonchev–Trinajstić information content (AvgIpc) is 3.29. The molecule has 6 nitrogen and oxygen atoms in total. The monoisotopic (exact) mass is 390 g/mol. The summed E-state index contributed by atoms with van der Waals surface area (Å²) in [6.07, 6.45) is 5.21. The van der Waals surface area contributed by atoms with Gasteiger partial charge in [-0.05, 0) is 31.9 Å². The number of ether oxygens (including phenoxy) is 2. The number of nitrogens with one attached hydrogen (secondary N) is 1. The van der Waals surface area contributed by atoms with Crippen molar-refractivity contribution in [3.63, 3.8) is 0 Å². The molecule has 1 amide bonds. The van der Waals surface area contributed by atoms with Crippen LogP contribution < -0.4 is 14.8 Å². The van der Waals surface area contributed by atoms with Crippen molar-refractivity contribution >= 4 is 11.6 Å². The SMILES string of the molecule is Cc1onc(-c2ccccc2)c1C(=O)Nc1ccc2c(c1)OC1(CCCCC1)O2. The molecule has 1 fully saturated rings. The summed E-state index contributed by atoms with van der Waals surface area (Å²) in [4.78, 5) is 13.0. The Hall–Kier alpha value is -3.28. The lowest BCUT2D eigenvalue weighted by Gasteiger charge is -2.31. The molecule has 2 aliphatic rings. The lowest BCUT2D eigenvalue weighted by atomic mass is 9.94. The Bertz CT molecular complexity index is 1050. The van der Waals surface area contributed by atoms with Crippen LogP contribution in [-0.4, -0.2) is 16.9 Å². The molecule has 1 aromatic heterocycles. The van der Waals surface area contributed by atoms with Crippen LogP contribution >= 0.6 is 0 Å². The molecule has 3 aromatic rings. The summed E-state index contributed by atoms with van der Waals surface area (Å²) in [5, 5.41) is 7.02. The van der Waals surface area contributed by atoms with Crippen molar-refractivity contribution < 1.29 is 18.8 Å². The standard InChI is InChI=1S/C23H22N2O4/c1-15-20(21(25-29-15)16-8-4-2-5-9-16)22(26)24-17-10-11-18-19(14-17)28-23(27-18)12-6-3-7-13-23/h2,4-5,8-11,14H,3,6-7,12-13H2,1H3,(H,24,26). The molecule has 0 bridgehead atoms. The van der Waals surface area contributed by atoms with E-state index >= 15 is 0 Å². The van der Waals surface area contributed by atoms with Crippen LogP contribution in [0.15, 0.2) is 53.1 Å². The third kappa shape index (κ3) is 3.24. The Kier molecular flexibility index (Phi) is 4.27. The fourth-order valence-corrected chi connectivity index (χ4v) is 4.09. The maximum Gasteiger partial charge on any atom is 0.261 e. The van der Waals surface area contributed by atoms with E-state index in [1.165, 1.54) is 6.42 Å². The predicted octanol–water partition coefficient (Wildman–Crippen LogP) is 5.33. The number of anilines is 1. The van der Waals surface area contributed by atoms with E-state index in [4.69, 9.17) is 14.0 Å². The first-order valence-electron chi connectivity index (χ1n) is 9.99. The molecule has 1 aliphatic heterocycles. The van der Waals surface area contributed by atoms with Crippen LogP contribution in [0, 0.1) is 6.92 Å². The molecule has 1 aliphatic carbocycles. The van der Waals surface area contributed by atoms with Crippen molar-refractivity contribution in [2.24, 2.45) is 0 Å². The molecule has 0 radical (unpaired) electrons. The summed E-state index contributed by atoms with van der Waals surface area (Å²) in [7, 11) is 0. The molecule has 29 heavy (non-hydrogen) atoms. The van der Waals surface area contributed by atoms with Crippen molar-refractivity contribution in [3.05, 3.63) is 59.9 Å². The molecule has 148 valence electrons. The lowest BCUT2D eigenvalue weighted by Crippen LogP contribution is -2.40. The number of carbonyl (C=O) groups is 1. The fraction of sp³-hybridized carbons (Fsp3) is 0.304. The Labute approximate surface area is 168 Å². The number of aryl methyl sites for hydroxylation is 1. The zero-order chi connectivity index (χ0) is 19.8. The molecule has 1 saturated carbocycles. The van der Waals surface area contributed by atoms with Gasteiger partial charge in [0.25, 0.3) is 11.7 Å². The third-order valence-electron chi connectivity index (χ3n) is 5.55. The van der Waals surface area contributed by atoms with Gasteiger partial charge in [-0.2, -0.15) is 0 Å². The second-order valence-electron chi connectivity index (χ2n) is 7.62. The quantitative estimate of drug-likeness (QED) is 0.654. The minimum Gasteiger partial charge on any atom is -0.448 e. The van der Waals surface area contributed by atoms with Crippen molar-refractivity contribution in [3.8, 4) is 22.8 Å². The zero-order valence-electron chi connectivity index (χ0n) is 16.2. The van der Waals surface area contributed by atoms with Crippen LogP contribution in [0.2, 0.25) is 0 Å². The first-order chi connectivity index (χ1) is 14.1. The van der Waals surface area contributed by atoms with E-state index in [1.54, 1.807) is 6.92 Å². The fourth-order valence-electron chi connectivity index (χ4n) is 4.09. The van der Waals surface area contributed by atoms with E-state index in [1.807, 2.05) is 48.5 Å². The van der Waals surface area contributed by atoms with Crippen LogP contribution in [0.5, 0.6) is 11.5 Å². The number of hydrogen-bond donors (Lipinski definition) is 1. The highest BCUT2D eigenvalue weighted by atomic mass is 16.7.